The number of nitrogens with one attached hydrogen (secondary N) is 1. The molecule has 0 saturated carbocycles. The lowest BCUT2D eigenvalue weighted by atomic mass is 9.85. The van der Waals surface area contributed by atoms with Crippen LogP contribution in [0.3, 0.4) is 0 Å². The molecule has 0 spiro atoms. The Balaban J connectivity index is 1.81. The topological polar surface area (TPSA) is 15.3 Å². The minimum atomic E-state index is 0.879. The van der Waals surface area contributed by atoms with Gasteiger partial charge in [0.15, 0.2) is 0 Å². The first-order chi connectivity index (χ1) is 5.95. The summed E-state index contributed by atoms with van der Waals surface area (Å²) < 4.78 is 0. The normalized spacial score (nSPS) is 47.5. The molecule has 3 rings (SSSR count). The summed E-state index contributed by atoms with van der Waals surface area (Å²) in [6.45, 7) is 4.02. The van der Waals surface area contributed by atoms with Crippen molar-refractivity contribution in [2.24, 2.45) is 5.92 Å². The quantitative estimate of drug-likeness (QED) is 0.573. The summed E-state index contributed by atoms with van der Waals surface area (Å²) >= 11 is 0. The number of nitrogens with zero attached hydrogens (tertiary/aromatic N) is 1. The zero-order valence-corrected chi connectivity index (χ0v) is 7.63. The average molecular weight is 166 g/mol. The van der Waals surface area contributed by atoms with E-state index in [9.17, 15) is 0 Å². The molecule has 0 aromatic carbocycles. The molecule has 0 bridgehead atoms. The highest BCUT2D eigenvalue weighted by Crippen LogP contribution is 2.35. The Labute approximate surface area is 74.3 Å². The Bertz CT molecular complexity index is 161. The third-order valence-corrected chi connectivity index (χ3v) is 4.04. The van der Waals surface area contributed by atoms with Crippen molar-refractivity contribution in [1.82, 2.24) is 10.2 Å². The maximum atomic E-state index is 3.64. The summed E-state index contributed by atoms with van der Waals surface area (Å²) in [6.07, 6.45) is 5.77. The summed E-state index contributed by atoms with van der Waals surface area (Å²) in [7, 11) is 0. The van der Waals surface area contributed by atoms with Gasteiger partial charge >= 0.3 is 0 Å². The van der Waals surface area contributed by atoms with Crippen LogP contribution in [-0.4, -0.2) is 36.6 Å². The highest BCUT2D eigenvalue weighted by molar-refractivity contribution is 4.99. The molecule has 3 heterocycles. The highest BCUT2D eigenvalue weighted by atomic mass is 15.2. The largest absolute Gasteiger partial charge is 0.314 e. The van der Waals surface area contributed by atoms with Crippen LogP contribution < -0.4 is 5.32 Å². The van der Waals surface area contributed by atoms with E-state index >= 15 is 0 Å². The molecule has 0 aromatic rings. The molecule has 3 unspecified atom stereocenters. The molecular weight excluding hydrogens is 148 g/mol. The number of hydrogen-bond acceptors (Lipinski definition) is 2. The van der Waals surface area contributed by atoms with Gasteiger partial charge in [-0.15, -0.1) is 0 Å². The molecule has 3 atom stereocenters. The van der Waals surface area contributed by atoms with Crippen molar-refractivity contribution in [3.05, 3.63) is 0 Å². The van der Waals surface area contributed by atoms with E-state index in [-0.39, 0.29) is 0 Å². The van der Waals surface area contributed by atoms with Crippen molar-refractivity contribution < 1.29 is 0 Å². The summed E-state index contributed by atoms with van der Waals surface area (Å²) in [5.74, 6) is 1.00. The van der Waals surface area contributed by atoms with Crippen molar-refractivity contribution in [3.8, 4) is 0 Å². The lowest BCUT2D eigenvalue weighted by molar-refractivity contribution is 0.123. The minimum Gasteiger partial charge on any atom is -0.314 e. The van der Waals surface area contributed by atoms with Crippen LogP contribution >= 0.6 is 0 Å². The molecule has 0 aliphatic carbocycles. The summed E-state index contributed by atoms with van der Waals surface area (Å²) in [6, 6.07) is 1.84. The van der Waals surface area contributed by atoms with Gasteiger partial charge < -0.3 is 5.32 Å². The second kappa shape index (κ2) is 2.71. The smallest absolute Gasteiger partial charge is 0.0139 e. The van der Waals surface area contributed by atoms with Gasteiger partial charge in [0, 0.05) is 12.1 Å². The zero-order chi connectivity index (χ0) is 7.97. The second-order valence-corrected chi connectivity index (χ2v) is 4.55. The van der Waals surface area contributed by atoms with Crippen molar-refractivity contribution in [2.45, 2.75) is 37.8 Å². The lowest BCUT2D eigenvalue weighted by Crippen LogP contribution is -2.48. The Hall–Kier alpha value is -0.0800. The van der Waals surface area contributed by atoms with Gasteiger partial charge in [-0.25, -0.2) is 0 Å². The summed E-state index contributed by atoms with van der Waals surface area (Å²) in [5.41, 5.74) is 0. The van der Waals surface area contributed by atoms with E-state index in [2.05, 4.69) is 10.2 Å². The van der Waals surface area contributed by atoms with Gasteiger partial charge in [0.1, 0.15) is 0 Å². The van der Waals surface area contributed by atoms with Crippen molar-refractivity contribution in [2.75, 3.05) is 19.6 Å². The van der Waals surface area contributed by atoms with Gasteiger partial charge in [-0.2, -0.15) is 0 Å². The fourth-order valence-corrected chi connectivity index (χ4v) is 3.48. The minimum absolute atomic E-state index is 0.879. The fourth-order valence-electron chi connectivity index (χ4n) is 3.48. The SMILES string of the molecule is C1CC2C3CCNC3CCN2C1. The average Bonchev–Trinajstić information content (AvgIpc) is 2.71. The van der Waals surface area contributed by atoms with Crippen LogP contribution in [0.25, 0.3) is 0 Å². The highest BCUT2D eigenvalue weighted by Gasteiger charge is 2.41. The molecule has 68 valence electrons. The predicted molar refractivity (Wildman–Crippen MR) is 49.1 cm³/mol. The van der Waals surface area contributed by atoms with Crippen molar-refractivity contribution >= 4 is 0 Å². The Morgan fingerprint density at radius 2 is 2.08 bits per heavy atom. The van der Waals surface area contributed by atoms with E-state index in [4.69, 9.17) is 0 Å². The third-order valence-electron chi connectivity index (χ3n) is 4.04. The van der Waals surface area contributed by atoms with E-state index in [1.54, 1.807) is 0 Å². The van der Waals surface area contributed by atoms with Gasteiger partial charge in [0.05, 0.1) is 0 Å². The maximum absolute atomic E-state index is 3.64. The van der Waals surface area contributed by atoms with Crippen LogP contribution in [0, 0.1) is 5.92 Å². The van der Waals surface area contributed by atoms with Crippen LogP contribution in [0.5, 0.6) is 0 Å². The Morgan fingerprint density at radius 1 is 1.08 bits per heavy atom. The molecule has 12 heavy (non-hydrogen) atoms. The standard InChI is InChI=1S/C10H18N2/c1-2-10-8-3-5-11-9(8)4-7-12(10)6-1/h8-11H,1-7H2. The molecule has 2 heteroatoms. The van der Waals surface area contributed by atoms with Gasteiger partial charge in [-0.3, -0.25) is 4.90 Å². The Kier molecular flexibility index (Phi) is 1.66. The van der Waals surface area contributed by atoms with E-state index in [0.717, 1.165) is 18.0 Å². The first kappa shape index (κ1) is 7.34. The van der Waals surface area contributed by atoms with Crippen LogP contribution in [0.4, 0.5) is 0 Å². The van der Waals surface area contributed by atoms with Gasteiger partial charge in [0.2, 0.25) is 0 Å². The second-order valence-electron chi connectivity index (χ2n) is 4.55. The first-order valence-corrected chi connectivity index (χ1v) is 5.42. The molecule has 3 saturated heterocycles. The van der Waals surface area contributed by atoms with Crippen LogP contribution in [0.2, 0.25) is 0 Å². The monoisotopic (exact) mass is 166 g/mol. The number of piperidine rings is 1. The number of hydrogen-bond donors (Lipinski definition) is 1. The molecule has 2 nitrogen and oxygen atoms in total. The van der Waals surface area contributed by atoms with Crippen molar-refractivity contribution in [3.63, 3.8) is 0 Å². The van der Waals surface area contributed by atoms with Gasteiger partial charge in [-0.1, -0.05) is 0 Å². The Morgan fingerprint density at radius 3 is 3.08 bits per heavy atom. The first-order valence-electron chi connectivity index (χ1n) is 5.42. The van der Waals surface area contributed by atoms with Crippen LogP contribution in [0.1, 0.15) is 25.7 Å². The summed E-state index contributed by atoms with van der Waals surface area (Å²) in [5, 5.41) is 3.64. The molecule has 3 aliphatic rings. The molecule has 0 amide bonds. The molecule has 0 radical (unpaired) electrons. The van der Waals surface area contributed by atoms with E-state index in [1.165, 1.54) is 45.3 Å². The molecule has 3 fully saturated rings. The molecule has 1 N–H and O–H groups in total. The van der Waals surface area contributed by atoms with Crippen LogP contribution in [-0.2, 0) is 0 Å². The van der Waals surface area contributed by atoms with Crippen LogP contribution in [0.15, 0.2) is 0 Å². The third kappa shape index (κ3) is 0.944. The predicted octanol–water partition coefficient (Wildman–Crippen LogP) is 0.833. The lowest BCUT2D eigenvalue weighted by Gasteiger charge is -2.38. The number of fused-ring (bicyclic) bond motifs is 3. The van der Waals surface area contributed by atoms with Gasteiger partial charge in [0.25, 0.3) is 0 Å². The van der Waals surface area contributed by atoms with E-state index in [1.807, 2.05) is 0 Å². The molecule has 3 aliphatic heterocycles. The fraction of sp³-hybridized carbons (Fsp3) is 1.00. The molecule has 0 aromatic heterocycles. The number of rotatable bonds is 0. The zero-order valence-electron chi connectivity index (χ0n) is 7.63. The molecular formula is C10H18N2. The van der Waals surface area contributed by atoms with E-state index in [0.29, 0.717) is 0 Å². The van der Waals surface area contributed by atoms with Crippen molar-refractivity contribution in [1.29, 1.82) is 0 Å². The maximum Gasteiger partial charge on any atom is 0.0139 e. The van der Waals surface area contributed by atoms with Gasteiger partial charge in [-0.05, 0) is 51.2 Å². The van der Waals surface area contributed by atoms with E-state index < -0.39 is 0 Å². The summed E-state index contributed by atoms with van der Waals surface area (Å²) in [4.78, 5) is 2.73.